The largest absolute Gasteiger partial charge is 0.481 e. The van der Waals surface area contributed by atoms with Gasteiger partial charge >= 0.3 is 5.97 Å². The summed E-state index contributed by atoms with van der Waals surface area (Å²) < 4.78 is 0. The minimum atomic E-state index is -0.656. The first-order chi connectivity index (χ1) is 3.79. The minimum Gasteiger partial charge on any atom is -0.481 e. The van der Waals surface area contributed by atoms with Crippen molar-refractivity contribution < 1.29 is 9.90 Å². The summed E-state index contributed by atoms with van der Waals surface area (Å²) in [6.07, 6.45) is 3.78. The first-order valence-corrected chi connectivity index (χ1v) is 3.01. The quantitative estimate of drug-likeness (QED) is 0.665. The number of carboxylic acids is 1. The van der Waals surface area contributed by atoms with E-state index in [0.29, 0.717) is 6.42 Å². The average molecular weight is 151 g/mol. The highest BCUT2D eigenvalue weighted by Gasteiger charge is 2.21. The lowest BCUT2D eigenvalue weighted by Crippen LogP contribution is -1.93. The molecular weight excluding hydrogens is 140 g/mol. The van der Waals surface area contributed by atoms with E-state index in [1.165, 1.54) is 12.8 Å². The van der Waals surface area contributed by atoms with E-state index in [2.05, 4.69) is 0 Å². The molecule has 3 heteroatoms. The van der Waals surface area contributed by atoms with Gasteiger partial charge in [0, 0.05) is 6.42 Å². The summed E-state index contributed by atoms with van der Waals surface area (Å²) in [6, 6.07) is 0. The van der Waals surface area contributed by atoms with Crippen molar-refractivity contribution in [3.8, 4) is 0 Å². The van der Waals surface area contributed by atoms with Crippen molar-refractivity contribution in [3.05, 3.63) is 0 Å². The Morgan fingerprint density at radius 3 is 2.44 bits per heavy atom. The average Bonchev–Trinajstić information content (AvgIpc) is 2.41. The third-order valence-electron chi connectivity index (χ3n) is 1.46. The molecular formula is C6H11ClO2. The molecule has 0 aromatic rings. The Hall–Kier alpha value is -0.240. The second-order valence-corrected chi connectivity index (χ2v) is 2.38. The molecule has 0 aromatic heterocycles. The highest BCUT2D eigenvalue weighted by molar-refractivity contribution is 5.85. The molecule has 0 saturated heterocycles. The lowest BCUT2D eigenvalue weighted by Gasteiger charge is -1.87. The van der Waals surface area contributed by atoms with Crippen LogP contribution in [0.1, 0.15) is 25.7 Å². The van der Waals surface area contributed by atoms with Crippen molar-refractivity contribution in [1.82, 2.24) is 0 Å². The normalized spacial score (nSPS) is 16.4. The highest BCUT2D eigenvalue weighted by atomic mass is 35.5. The van der Waals surface area contributed by atoms with Gasteiger partial charge in [0.2, 0.25) is 0 Å². The predicted molar refractivity (Wildman–Crippen MR) is 36.8 cm³/mol. The van der Waals surface area contributed by atoms with Crippen molar-refractivity contribution in [2.24, 2.45) is 5.92 Å². The molecule has 1 fully saturated rings. The van der Waals surface area contributed by atoms with Crippen LogP contribution >= 0.6 is 12.4 Å². The van der Waals surface area contributed by atoms with Gasteiger partial charge < -0.3 is 5.11 Å². The molecule has 0 radical (unpaired) electrons. The van der Waals surface area contributed by atoms with Gasteiger partial charge in [0.15, 0.2) is 0 Å². The van der Waals surface area contributed by atoms with Crippen molar-refractivity contribution in [2.75, 3.05) is 0 Å². The molecule has 1 aliphatic rings. The second kappa shape index (κ2) is 3.72. The molecule has 0 bridgehead atoms. The van der Waals surface area contributed by atoms with E-state index in [0.717, 1.165) is 12.3 Å². The zero-order chi connectivity index (χ0) is 5.98. The van der Waals surface area contributed by atoms with Gasteiger partial charge in [0.25, 0.3) is 0 Å². The summed E-state index contributed by atoms with van der Waals surface area (Å²) in [4.78, 5) is 9.93. The fourth-order valence-corrected chi connectivity index (χ4v) is 0.734. The van der Waals surface area contributed by atoms with E-state index in [9.17, 15) is 4.79 Å². The molecule has 1 aliphatic carbocycles. The molecule has 0 unspecified atom stereocenters. The monoisotopic (exact) mass is 150 g/mol. The highest BCUT2D eigenvalue weighted by Crippen LogP contribution is 2.33. The summed E-state index contributed by atoms with van der Waals surface area (Å²) in [5, 5.41) is 8.19. The third-order valence-corrected chi connectivity index (χ3v) is 1.46. The van der Waals surface area contributed by atoms with E-state index in [-0.39, 0.29) is 12.4 Å². The van der Waals surface area contributed by atoms with Crippen molar-refractivity contribution in [2.45, 2.75) is 25.7 Å². The summed E-state index contributed by atoms with van der Waals surface area (Å²) in [5.74, 6) is 0.100. The molecule has 0 aromatic carbocycles. The van der Waals surface area contributed by atoms with Gasteiger partial charge in [-0.2, -0.15) is 0 Å². The molecule has 0 heterocycles. The first kappa shape index (κ1) is 8.76. The van der Waals surface area contributed by atoms with E-state index < -0.39 is 5.97 Å². The maximum Gasteiger partial charge on any atom is 0.303 e. The topological polar surface area (TPSA) is 37.3 Å². The van der Waals surface area contributed by atoms with Crippen LogP contribution in [0, 0.1) is 5.92 Å². The molecule has 0 aliphatic heterocycles. The maximum atomic E-state index is 9.93. The van der Waals surface area contributed by atoms with Gasteiger partial charge in [0.05, 0.1) is 0 Å². The van der Waals surface area contributed by atoms with Crippen molar-refractivity contribution in [3.63, 3.8) is 0 Å². The van der Waals surface area contributed by atoms with Gasteiger partial charge in [-0.15, -0.1) is 12.4 Å². The van der Waals surface area contributed by atoms with Crippen molar-refractivity contribution in [1.29, 1.82) is 0 Å². The number of carboxylic acid groups (broad SMARTS) is 1. The molecule has 0 atom stereocenters. The van der Waals surface area contributed by atoms with Gasteiger partial charge in [-0.05, 0) is 12.3 Å². The zero-order valence-corrected chi connectivity index (χ0v) is 5.99. The lowest BCUT2D eigenvalue weighted by molar-refractivity contribution is -0.137. The molecule has 54 valence electrons. The van der Waals surface area contributed by atoms with E-state index in [1.54, 1.807) is 0 Å². The van der Waals surface area contributed by atoms with Gasteiger partial charge in [-0.25, -0.2) is 0 Å². The fourth-order valence-electron chi connectivity index (χ4n) is 0.734. The molecule has 2 nitrogen and oxygen atoms in total. The molecule has 9 heavy (non-hydrogen) atoms. The number of hydrogen-bond donors (Lipinski definition) is 1. The lowest BCUT2D eigenvalue weighted by atomic mass is 10.2. The van der Waals surface area contributed by atoms with Crippen LogP contribution in [-0.2, 0) is 4.79 Å². The Morgan fingerprint density at radius 1 is 1.56 bits per heavy atom. The van der Waals surface area contributed by atoms with E-state index in [1.807, 2.05) is 0 Å². The summed E-state index contributed by atoms with van der Waals surface area (Å²) in [5.41, 5.74) is 0. The van der Waals surface area contributed by atoms with Crippen LogP contribution in [0.3, 0.4) is 0 Å². The van der Waals surface area contributed by atoms with Gasteiger partial charge in [-0.3, -0.25) is 4.79 Å². The summed E-state index contributed by atoms with van der Waals surface area (Å²) in [6.45, 7) is 0. The van der Waals surface area contributed by atoms with Crippen LogP contribution in [0.2, 0.25) is 0 Å². The molecule has 1 saturated carbocycles. The minimum absolute atomic E-state index is 0. The number of halogens is 1. The van der Waals surface area contributed by atoms with Crippen LogP contribution in [0.15, 0.2) is 0 Å². The van der Waals surface area contributed by atoms with Crippen LogP contribution in [-0.4, -0.2) is 11.1 Å². The smallest absolute Gasteiger partial charge is 0.303 e. The molecule has 1 N–H and O–H groups in total. The Labute approximate surface area is 60.7 Å². The van der Waals surface area contributed by atoms with Gasteiger partial charge in [0.1, 0.15) is 0 Å². The van der Waals surface area contributed by atoms with Crippen molar-refractivity contribution >= 4 is 18.4 Å². The molecule has 1 rings (SSSR count). The molecule has 0 amide bonds. The number of carbonyl (C=O) groups is 1. The predicted octanol–water partition coefficient (Wildman–Crippen LogP) is 1.68. The first-order valence-electron chi connectivity index (χ1n) is 3.01. The Kier molecular flexibility index (Phi) is 3.62. The van der Waals surface area contributed by atoms with E-state index in [4.69, 9.17) is 5.11 Å². The SMILES string of the molecule is Cl.O=C(O)CCC1CC1. The maximum absolute atomic E-state index is 9.93. The van der Waals surface area contributed by atoms with Gasteiger partial charge in [-0.1, -0.05) is 12.8 Å². The van der Waals surface area contributed by atoms with E-state index >= 15 is 0 Å². The number of aliphatic carboxylic acids is 1. The Balaban J connectivity index is 0.000000640. The second-order valence-electron chi connectivity index (χ2n) is 2.38. The fraction of sp³-hybridized carbons (Fsp3) is 0.833. The van der Waals surface area contributed by atoms with Crippen LogP contribution in [0.25, 0.3) is 0 Å². The number of hydrogen-bond acceptors (Lipinski definition) is 1. The number of rotatable bonds is 3. The molecule has 0 spiro atoms. The summed E-state index contributed by atoms with van der Waals surface area (Å²) in [7, 11) is 0. The Morgan fingerprint density at radius 2 is 2.11 bits per heavy atom. The van der Waals surface area contributed by atoms with Crippen LogP contribution in [0.5, 0.6) is 0 Å². The zero-order valence-electron chi connectivity index (χ0n) is 5.17. The van der Waals surface area contributed by atoms with Crippen LogP contribution in [0.4, 0.5) is 0 Å². The Bertz CT molecular complexity index is 99.2. The standard InChI is InChI=1S/C6H10O2.ClH/c7-6(8)4-3-5-1-2-5;/h5H,1-4H2,(H,7,8);1H. The van der Waals surface area contributed by atoms with Crippen LogP contribution < -0.4 is 0 Å². The summed E-state index contributed by atoms with van der Waals surface area (Å²) >= 11 is 0. The third kappa shape index (κ3) is 4.28.